The summed E-state index contributed by atoms with van der Waals surface area (Å²) < 4.78 is 5.40. The van der Waals surface area contributed by atoms with E-state index in [2.05, 4.69) is 34.9 Å². The topological polar surface area (TPSA) is 12.5 Å². The highest BCUT2D eigenvalue weighted by Crippen LogP contribution is 2.46. The third-order valence-electron chi connectivity index (χ3n) is 3.43. The second kappa shape index (κ2) is 4.32. The van der Waals surface area contributed by atoms with Crippen LogP contribution in [-0.4, -0.2) is 36.6 Å². The van der Waals surface area contributed by atoms with E-state index in [0.717, 1.165) is 32.2 Å². The molecule has 1 aliphatic carbocycles. The van der Waals surface area contributed by atoms with Crippen molar-refractivity contribution >= 4 is 11.8 Å². The van der Waals surface area contributed by atoms with E-state index in [1.165, 1.54) is 12.8 Å². The van der Waals surface area contributed by atoms with Crippen LogP contribution in [0.25, 0.3) is 0 Å². The first kappa shape index (κ1) is 9.94. The molecular formula is C12H17NOS. The summed E-state index contributed by atoms with van der Waals surface area (Å²) in [4.78, 5) is 4.20. The molecule has 3 aliphatic rings. The highest BCUT2D eigenvalue weighted by atomic mass is 32.2. The lowest BCUT2D eigenvalue weighted by Crippen LogP contribution is -2.41. The molecule has 0 spiro atoms. The van der Waals surface area contributed by atoms with E-state index >= 15 is 0 Å². The van der Waals surface area contributed by atoms with Crippen LogP contribution in [0.1, 0.15) is 12.8 Å². The van der Waals surface area contributed by atoms with Crippen LogP contribution >= 0.6 is 11.8 Å². The summed E-state index contributed by atoms with van der Waals surface area (Å²) in [6.45, 7) is 4.06. The second-order valence-electron chi connectivity index (χ2n) is 4.39. The maximum atomic E-state index is 5.40. The van der Waals surface area contributed by atoms with Gasteiger partial charge in [0.05, 0.1) is 18.6 Å². The molecule has 0 bridgehead atoms. The second-order valence-corrected chi connectivity index (χ2v) is 5.64. The number of hydrogen-bond donors (Lipinski definition) is 0. The Hall–Kier alpha value is -0.250. The standard InChI is InChI=1S/C12H17NOS/c1-2-4-11-10(3-1)9-12(15-11)13-5-7-14-8-6-13/h1-2,4,10,12H,3,5-9H2. The van der Waals surface area contributed by atoms with E-state index in [9.17, 15) is 0 Å². The van der Waals surface area contributed by atoms with Gasteiger partial charge in [0.2, 0.25) is 0 Å². The molecule has 2 unspecified atom stereocenters. The number of thioether (sulfide) groups is 1. The summed E-state index contributed by atoms with van der Waals surface area (Å²) in [5.74, 6) is 0.813. The van der Waals surface area contributed by atoms with E-state index in [1.54, 1.807) is 4.91 Å². The van der Waals surface area contributed by atoms with Gasteiger partial charge in [0, 0.05) is 13.1 Å². The minimum Gasteiger partial charge on any atom is -0.379 e. The van der Waals surface area contributed by atoms with Crippen LogP contribution in [-0.2, 0) is 4.74 Å². The maximum Gasteiger partial charge on any atom is 0.0609 e. The lowest BCUT2D eigenvalue weighted by molar-refractivity contribution is 0.0311. The van der Waals surface area contributed by atoms with Crippen LogP contribution in [0.2, 0.25) is 0 Å². The quantitative estimate of drug-likeness (QED) is 0.676. The van der Waals surface area contributed by atoms with Gasteiger partial charge in [-0.2, -0.15) is 0 Å². The molecule has 0 amide bonds. The monoisotopic (exact) mass is 223 g/mol. The summed E-state index contributed by atoms with van der Waals surface area (Å²) in [5, 5.41) is 0.713. The Morgan fingerprint density at radius 2 is 2.20 bits per heavy atom. The van der Waals surface area contributed by atoms with Crippen molar-refractivity contribution < 1.29 is 4.74 Å². The van der Waals surface area contributed by atoms with Gasteiger partial charge < -0.3 is 4.74 Å². The first-order valence-corrected chi connectivity index (χ1v) is 6.66. The van der Waals surface area contributed by atoms with Gasteiger partial charge >= 0.3 is 0 Å². The van der Waals surface area contributed by atoms with Crippen LogP contribution in [0.5, 0.6) is 0 Å². The number of fused-ring (bicyclic) bond motifs is 1. The van der Waals surface area contributed by atoms with Crippen molar-refractivity contribution in [1.82, 2.24) is 4.90 Å². The van der Waals surface area contributed by atoms with Gasteiger partial charge in [-0.05, 0) is 23.7 Å². The summed E-state index contributed by atoms with van der Waals surface area (Å²) >= 11 is 2.08. The molecule has 3 rings (SSSR count). The van der Waals surface area contributed by atoms with E-state index in [0.29, 0.717) is 5.37 Å². The van der Waals surface area contributed by atoms with E-state index in [-0.39, 0.29) is 0 Å². The Balaban J connectivity index is 1.65. The molecular weight excluding hydrogens is 206 g/mol. The van der Waals surface area contributed by atoms with Crippen LogP contribution in [0.4, 0.5) is 0 Å². The highest BCUT2D eigenvalue weighted by Gasteiger charge is 2.34. The molecule has 0 aromatic rings. The minimum absolute atomic E-state index is 0.713. The van der Waals surface area contributed by atoms with Crippen molar-refractivity contribution in [2.24, 2.45) is 5.92 Å². The van der Waals surface area contributed by atoms with Gasteiger partial charge in [-0.15, -0.1) is 11.8 Å². The molecule has 2 aliphatic heterocycles. The molecule has 0 radical (unpaired) electrons. The lowest BCUT2D eigenvalue weighted by atomic mass is 9.97. The summed E-state index contributed by atoms with van der Waals surface area (Å²) in [6, 6.07) is 0. The molecule has 0 saturated carbocycles. The fourth-order valence-corrected chi connectivity index (χ4v) is 4.09. The third-order valence-corrected chi connectivity index (χ3v) is 4.94. The van der Waals surface area contributed by atoms with Gasteiger partial charge in [0.25, 0.3) is 0 Å². The molecule has 0 aromatic heterocycles. The smallest absolute Gasteiger partial charge is 0.0609 e. The summed E-state index contributed by atoms with van der Waals surface area (Å²) in [6.07, 6.45) is 9.40. The number of hydrogen-bond acceptors (Lipinski definition) is 3. The van der Waals surface area contributed by atoms with Gasteiger partial charge in [0.15, 0.2) is 0 Å². The number of ether oxygens (including phenoxy) is 1. The predicted octanol–water partition coefficient (Wildman–Crippen LogP) is 2.24. The molecule has 2 heterocycles. The number of nitrogens with zero attached hydrogens (tertiary/aromatic N) is 1. The van der Waals surface area contributed by atoms with Crippen molar-refractivity contribution in [3.63, 3.8) is 0 Å². The molecule has 15 heavy (non-hydrogen) atoms. The van der Waals surface area contributed by atoms with Crippen molar-refractivity contribution in [1.29, 1.82) is 0 Å². The van der Waals surface area contributed by atoms with Crippen molar-refractivity contribution in [3.8, 4) is 0 Å². The fraction of sp³-hybridized carbons (Fsp3) is 0.667. The summed E-state index contributed by atoms with van der Waals surface area (Å²) in [5.41, 5.74) is 0. The van der Waals surface area contributed by atoms with Gasteiger partial charge in [0.1, 0.15) is 0 Å². The molecule has 0 N–H and O–H groups in total. The predicted molar refractivity (Wildman–Crippen MR) is 63.7 cm³/mol. The molecule has 3 heteroatoms. The first-order chi connectivity index (χ1) is 7.43. The maximum absolute atomic E-state index is 5.40. The SMILES string of the molecule is C1=CCC2CC(N3CCOCC3)SC2=C1. The normalized spacial score (nSPS) is 36.4. The van der Waals surface area contributed by atoms with E-state index in [1.807, 2.05) is 0 Å². The zero-order chi connectivity index (χ0) is 10.1. The van der Waals surface area contributed by atoms with Gasteiger partial charge in [-0.25, -0.2) is 0 Å². The van der Waals surface area contributed by atoms with Crippen LogP contribution < -0.4 is 0 Å². The minimum atomic E-state index is 0.713. The van der Waals surface area contributed by atoms with E-state index < -0.39 is 0 Å². The average Bonchev–Trinajstić information content (AvgIpc) is 2.74. The Bertz CT molecular complexity index is 294. The largest absolute Gasteiger partial charge is 0.379 e. The Morgan fingerprint density at radius 1 is 1.33 bits per heavy atom. The average molecular weight is 223 g/mol. The zero-order valence-corrected chi connectivity index (χ0v) is 9.71. The highest BCUT2D eigenvalue weighted by molar-refractivity contribution is 8.03. The molecule has 2 atom stereocenters. The fourth-order valence-electron chi connectivity index (χ4n) is 2.54. The molecule has 2 saturated heterocycles. The first-order valence-electron chi connectivity index (χ1n) is 5.78. The Labute approximate surface area is 95.4 Å². The molecule has 82 valence electrons. The van der Waals surface area contributed by atoms with E-state index in [4.69, 9.17) is 4.74 Å². The lowest BCUT2D eigenvalue weighted by Gasteiger charge is -2.31. The number of morpholine rings is 1. The van der Waals surface area contributed by atoms with Crippen molar-refractivity contribution in [3.05, 3.63) is 23.1 Å². The van der Waals surface area contributed by atoms with Crippen LogP contribution in [0.15, 0.2) is 23.1 Å². The van der Waals surface area contributed by atoms with Gasteiger partial charge in [-0.1, -0.05) is 18.2 Å². The molecule has 2 nitrogen and oxygen atoms in total. The number of allylic oxidation sites excluding steroid dienone is 4. The summed E-state index contributed by atoms with van der Waals surface area (Å²) in [7, 11) is 0. The third kappa shape index (κ3) is 2.01. The molecule has 0 aromatic carbocycles. The van der Waals surface area contributed by atoms with Crippen molar-refractivity contribution in [2.45, 2.75) is 18.2 Å². The Kier molecular flexibility index (Phi) is 2.86. The van der Waals surface area contributed by atoms with Crippen LogP contribution in [0.3, 0.4) is 0 Å². The van der Waals surface area contributed by atoms with Crippen LogP contribution in [0, 0.1) is 5.92 Å². The van der Waals surface area contributed by atoms with Gasteiger partial charge in [-0.3, -0.25) is 4.90 Å². The zero-order valence-electron chi connectivity index (χ0n) is 8.89. The van der Waals surface area contributed by atoms with Crippen molar-refractivity contribution in [2.75, 3.05) is 26.3 Å². The Morgan fingerprint density at radius 3 is 3.00 bits per heavy atom. The molecule has 2 fully saturated rings. The number of rotatable bonds is 1.